The molecule has 0 bridgehead atoms. The van der Waals surface area contributed by atoms with Crippen molar-refractivity contribution in [3.63, 3.8) is 0 Å². The molecule has 2 rings (SSSR count). The van der Waals surface area contributed by atoms with Gasteiger partial charge in [-0.05, 0) is 18.4 Å². The highest BCUT2D eigenvalue weighted by Crippen LogP contribution is 2.24. The quantitative estimate of drug-likeness (QED) is 0.785. The summed E-state index contributed by atoms with van der Waals surface area (Å²) in [5.41, 5.74) is 9.91. The van der Waals surface area contributed by atoms with Crippen LogP contribution >= 0.6 is 11.3 Å². The summed E-state index contributed by atoms with van der Waals surface area (Å²) in [6.45, 7) is 0.813. The number of hydrogen-bond acceptors (Lipinski definition) is 4. The molecule has 1 aliphatic rings. The SMILES string of the molecule is NC(C1=COCCC1)c1cscn1. The number of aromatic nitrogens is 1. The minimum Gasteiger partial charge on any atom is -0.501 e. The van der Waals surface area contributed by atoms with E-state index in [0.717, 1.165) is 30.7 Å². The Bertz CT molecular complexity index is 295. The van der Waals surface area contributed by atoms with E-state index in [1.54, 1.807) is 23.1 Å². The zero-order valence-electron chi connectivity index (χ0n) is 7.27. The summed E-state index contributed by atoms with van der Waals surface area (Å²) >= 11 is 1.57. The molecule has 2 N–H and O–H groups in total. The van der Waals surface area contributed by atoms with Crippen LogP contribution in [0.25, 0.3) is 0 Å². The van der Waals surface area contributed by atoms with E-state index in [2.05, 4.69) is 4.98 Å². The molecule has 4 heteroatoms. The Morgan fingerprint density at radius 2 is 2.54 bits per heavy atom. The van der Waals surface area contributed by atoms with Gasteiger partial charge in [0.1, 0.15) is 0 Å². The number of thiazole rings is 1. The Kier molecular flexibility index (Phi) is 2.61. The molecule has 0 fully saturated rings. The third kappa shape index (κ3) is 1.89. The maximum Gasteiger partial charge on any atom is 0.0876 e. The van der Waals surface area contributed by atoms with Crippen LogP contribution in [0, 0.1) is 0 Å². The highest BCUT2D eigenvalue weighted by Gasteiger charge is 2.15. The molecule has 1 aromatic rings. The van der Waals surface area contributed by atoms with E-state index >= 15 is 0 Å². The third-order valence-corrected chi connectivity index (χ3v) is 2.74. The molecule has 1 aliphatic heterocycles. The second-order valence-electron chi connectivity index (χ2n) is 3.06. The molecule has 1 unspecified atom stereocenters. The van der Waals surface area contributed by atoms with Gasteiger partial charge in [0.25, 0.3) is 0 Å². The molecular weight excluding hydrogens is 184 g/mol. The van der Waals surface area contributed by atoms with Crippen molar-refractivity contribution in [1.82, 2.24) is 4.98 Å². The fraction of sp³-hybridized carbons (Fsp3) is 0.444. The lowest BCUT2D eigenvalue weighted by atomic mass is 10.0. The molecule has 1 aromatic heterocycles. The Morgan fingerprint density at radius 3 is 3.15 bits per heavy atom. The summed E-state index contributed by atoms with van der Waals surface area (Å²) < 4.78 is 5.23. The van der Waals surface area contributed by atoms with Crippen LogP contribution in [0.15, 0.2) is 22.7 Å². The Balaban J connectivity index is 2.12. The number of nitrogens with two attached hydrogens (primary N) is 1. The normalized spacial score (nSPS) is 19.0. The second-order valence-corrected chi connectivity index (χ2v) is 3.78. The molecule has 0 aromatic carbocycles. The molecule has 3 nitrogen and oxygen atoms in total. The molecule has 0 radical (unpaired) electrons. The van der Waals surface area contributed by atoms with Crippen molar-refractivity contribution in [3.05, 3.63) is 28.4 Å². The topological polar surface area (TPSA) is 48.1 Å². The number of ether oxygens (including phenoxy) is 1. The van der Waals surface area contributed by atoms with Gasteiger partial charge in [-0.15, -0.1) is 11.3 Å². The van der Waals surface area contributed by atoms with E-state index in [-0.39, 0.29) is 6.04 Å². The largest absolute Gasteiger partial charge is 0.501 e. The van der Waals surface area contributed by atoms with Crippen LogP contribution in [0.4, 0.5) is 0 Å². The summed E-state index contributed by atoms with van der Waals surface area (Å²) in [6, 6.07) is -0.0773. The molecular formula is C9H12N2OS. The van der Waals surface area contributed by atoms with Crippen LogP contribution in [-0.4, -0.2) is 11.6 Å². The van der Waals surface area contributed by atoms with Crippen molar-refractivity contribution in [2.24, 2.45) is 5.73 Å². The molecule has 0 amide bonds. The average molecular weight is 196 g/mol. The lowest BCUT2D eigenvalue weighted by Gasteiger charge is -2.18. The van der Waals surface area contributed by atoms with Gasteiger partial charge in [0.15, 0.2) is 0 Å². The number of hydrogen-bond donors (Lipinski definition) is 1. The van der Waals surface area contributed by atoms with Gasteiger partial charge in [0.05, 0.1) is 30.1 Å². The zero-order valence-corrected chi connectivity index (χ0v) is 8.09. The summed E-state index contributed by atoms with van der Waals surface area (Å²) in [7, 11) is 0. The van der Waals surface area contributed by atoms with E-state index in [1.807, 2.05) is 5.38 Å². The molecule has 1 atom stereocenters. The van der Waals surface area contributed by atoms with Crippen LogP contribution in [0.1, 0.15) is 24.6 Å². The predicted octanol–water partition coefficient (Wildman–Crippen LogP) is 1.84. The van der Waals surface area contributed by atoms with E-state index in [9.17, 15) is 0 Å². The van der Waals surface area contributed by atoms with Crippen molar-refractivity contribution in [3.8, 4) is 0 Å². The number of nitrogens with zero attached hydrogens (tertiary/aromatic N) is 1. The van der Waals surface area contributed by atoms with E-state index < -0.39 is 0 Å². The lowest BCUT2D eigenvalue weighted by molar-refractivity contribution is 0.221. The predicted molar refractivity (Wildman–Crippen MR) is 52.3 cm³/mol. The Morgan fingerprint density at radius 1 is 1.62 bits per heavy atom. The van der Waals surface area contributed by atoms with Gasteiger partial charge in [-0.1, -0.05) is 0 Å². The van der Waals surface area contributed by atoms with Crippen molar-refractivity contribution >= 4 is 11.3 Å². The minimum atomic E-state index is -0.0773. The first-order valence-corrected chi connectivity index (χ1v) is 5.26. The Hall–Kier alpha value is -0.870. The van der Waals surface area contributed by atoms with E-state index in [1.165, 1.54) is 0 Å². The first-order chi connectivity index (χ1) is 6.38. The van der Waals surface area contributed by atoms with Crippen LogP contribution in [0.3, 0.4) is 0 Å². The summed E-state index contributed by atoms with van der Waals surface area (Å²) in [4.78, 5) is 4.19. The minimum absolute atomic E-state index is 0.0773. The monoisotopic (exact) mass is 196 g/mol. The van der Waals surface area contributed by atoms with Crippen LogP contribution in [0.2, 0.25) is 0 Å². The van der Waals surface area contributed by atoms with Gasteiger partial charge in [0.2, 0.25) is 0 Å². The average Bonchev–Trinajstić information content (AvgIpc) is 2.71. The van der Waals surface area contributed by atoms with Gasteiger partial charge in [-0.25, -0.2) is 4.98 Å². The van der Waals surface area contributed by atoms with Gasteiger partial charge in [-0.3, -0.25) is 0 Å². The third-order valence-electron chi connectivity index (χ3n) is 2.13. The van der Waals surface area contributed by atoms with Crippen molar-refractivity contribution in [2.75, 3.05) is 6.61 Å². The molecule has 2 heterocycles. The maximum absolute atomic E-state index is 6.01. The first-order valence-electron chi connectivity index (χ1n) is 4.32. The highest BCUT2D eigenvalue weighted by atomic mass is 32.1. The van der Waals surface area contributed by atoms with Gasteiger partial charge in [0, 0.05) is 5.38 Å². The fourth-order valence-corrected chi connectivity index (χ4v) is 1.97. The fourth-order valence-electron chi connectivity index (χ4n) is 1.38. The highest BCUT2D eigenvalue weighted by molar-refractivity contribution is 7.07. The van der Waals surface area contributed by atoms with Crippen molar-refractivity contribution in [2.45, 2.75) is 18.9 Å². The van der Waals surface area contributed by atoms with Crippen LogP contribution in [0.5, 0.6) is 0 Å². The van der Waals surface area contributed by atoms with E-state index in [0.29, 0.717) is 0 Å². The van der Waals surface area contributed by atoms with E-state index in [4.69, 9.17) is 10.5 Å². The summed E-state index contributed by atoms with van der Waals surface area (Å²) in [5, 5.41) is 1.99. The van der Waals surface area contributed by atoms with Gasteiger partial charge < -0.3 is 10.5 Å². The molecule has 13 heavy (non-hydrogen) atoms. The molecule has 70 valence electrons. The standard InChI is InChI=1S/C9H12N2OS/c10-9(8-5-13-6-11-8)7-2-1-3-12-4-7/h4-6,9H,1-3,10H2. The van der Waals surface area contributed by atoms with Crippen molar-refractivity contribution in [1.29, 1.82) is 0 Å². The first kappa shape index (κ1) is 8.72. The summed E-state index contributed by atoms with van der Waals surface area (Å²) in [5.74, 6) is 0. The molecule has 0 saturated heterocycles. The second kappa shape index (κ2) is 3.89. The van der Waals surface area contributed by atoms with Crippen LogP contribution < -0.4 is 5.73 Å². The molecule has 0 saturated carbocycles. The summed E-state index contributed by atoms with van der Waals surface area (Å²) in [6.07, 6.45) is 3.87. The Labute approximate surface area is 81.2 Å². The number of rotatable bonds is 2. The zero-order chi connectivity index (χ0) is 9.10. The van der Waals surface area contributed by atoms with Gasteiger partial charge >= 0.3 is 0 Å². The maximum atomic E-state index is 6.01. The van der Waals surface area contributed by atoms with Crippen LogP contribution in [-0.2, 0) is 4.74 Å². The molecule has 0 aliphatic carbocycles. The molecule has 0 spiro atoms. The van der Waals surface area contributed by atoms with Gasteiger partial charge in [-0.2, -0.15) is 0 Å². The van der Waals surface area contributed by atoms with Crippen molar-refractivity contribution < 1.29 is 4.74 Å². The smallest absolute Gasteiger partial charge is 0.0876 e. The lowest BCUT2D eigenvalue weighted by Crippen LogP contribution is -2.16.